The monoisotopic (exact) mass is 1740 g/mol. The second-order valence-corrected chi connectivity index (χ2v) is 34.2. The van der Waals surface area contributed by atoms with Crippen LogP contribution >= 0.6 is 0 Å². The van der Waals surface area contributed by atoms with E-state index in [4.69, 9.17) is 58.1 Å². The summed E-state index contributed by atoms with van der Waals surface area (Å²) >= 11 is 0. The summed E-state index contributed by atoms with van der Waals surface area (Å²) in [4.78, 5) is 92.0. The van der Waals surface area contributed by atoms with Crippen molar-refractivity contribution in [2.45, 2.75) is 242 Å². The number of piperidine rings is 4. The minimum Gasteiger partial charge on any atom is -0.478 e. The standard InChI is InChI=1S/C23H35N5O5.2C23H35N5O4.C20H29N5O3/c1-15(2)22-26-23(27-33-22)28-10-8-17(9-11-28)5-4-12-32-20-7-6-19(16(3)24-20)21(31)25-18(13-29)14-30;1-15(2)22-26-23(27-32-22)28-11-9-18(10-12-28)6-5-13-31-20-8-7-19(17(4)25-20)21(30)24-16(3)14-29;1-15(2)21-26-23(32-27-21)28-11-9-18(10-12-28)6-5-13-31-20-8-7-19(17(4)25-20)22(30)24-14-16(3)29;1-13(2)19-23-20(24-28-19)25-10-8-15(9-11-25)5-4-12-27-17-7-6-16(18(21)26)14(3)22-17/h6-7,15,17-18,29-30H,4-5,8-14H2,1-3H3,(H,25,31);2*7-8,15-16,18,29H,5-6,9-14H2,1-4H3,(H,24,30);6-7,13,15H,4-5,8-12H2,1-3H3,(H2,21,26)/t;2*16-;/m.11./s1. The fraction of sp³-hybridized carbons (Fsp3) is 0.640. The van der Waals surface area contributed by atoms with Gasteiger partial charge >= 0.3 is 6.01 Å². The molecule has 0 aromatic carbocycles. The Morgan fingerprint density at radius 3 is 1.01 bits per heavy atom. The summed E-state index contributed by atoms with van der Waals surface area (Å²) < 4.78 is 44.5. The third-order valence-electron chi connectivity index (χ3n) is 22.6. The van der Waals surface area contributed by atoms with Crippen molar-refractivity contribution in [2.24, 2.45) is 29.4 Å². The smallest absolute Gasteiger partial charge is 0.324 e. The lowest BCUT2D eigenvalue weighted by Gasteiger charge is -2.30. The molecule has 0 aliphatic carbocycles. The minimum atomic E-state index is -0.690. The summed E-state index contributed by atoms with van der Waals surface area (Å²) in [5, 5.41) is 61.0. The zero-order chi connectivity index (χ0) is 90.1. The fourth-order valence-electron chi connectivity index (χ4n) is 14.8. The van der Waals surface area contributed by atoms with Crippen LogP contribution in [0.25, 0.3) is 0 Å². The van der Waals surface area contributed by atoms with Crippen LogP contribution < -0.4 is 60.2 Å². The first kappa shape index (κ1) is 98.1. The maximum absolute atomic E-state index is 12.3. The molecule has 8 aromatic heterocycles. The van der Waals surface area contributed by atoms with E-state index >= 15 is 0 Å². The fourth-order valence-corrected chi connectivity index (χ4v) is 14.8. The molecule has 0 bridgehead atoms. The van der Waals surface area contributed by atoms with Gasteiger partial charge in [-0.2, -0.15) is 19.9 Å². The number of carbonyl (C=O) groups is 4. The number of aliphatic hydroxyl groups is 4. The minimum absolute atomic E-state index is 0.103. The second-order valence-electron chi connectivity index (χ2n) is 34.2. The lowest BCUT2D eigenvalue weighted by molar-refractivity contribution is 0.0876. The van der Waals surface area contributed by atoms with Gasteiger partial charge in [0, 0.05) is 113 Å². The summed E-state index contributed by atoms with van der Waals surface area (Å²) in [6.45, 7) is 36.2. The number of anilines is 4. The van der Waals surface area contributed by atoms with E-state index in [9.17, 15) is 24.3 Å². The van der Waals surface area contributed by atoms with Crippen molar-refractivity contribution < 1.29 is 76.6 Å². The van der Waals surface area contributed by atoms with E-state index < -0.39 is 18.1 Å². The third kappa shape index (κ3) is 31.1. The van der Waals surface area contributed by atoms with Crippen LogP contribution in [0.5, 0.6) is 23.5 Å². The molecule has 0 unspecified atom stereocenters. The molecule has 686 valence electrons. The zero-order valence-corrected chi connectivity index (χ0v) is 75.5. The maximum atomic E-state index is 12.3. The highest BCUT2D eigenvalue weighted by atomic mass is 16.5. The Labute approximate surface area is 733 Å². The van der Waals surface area contributed by atoms with E-state index in [1.807, 2.05) is 27.7 Å². The Morgan fingerprint density at radius 1 is 0.408 bits per heavy atom. The van der Waals surface area contributed by atoms with E-state index in [1.54, 1.807) is 90.1 Å². The van der Waals surface area contributed by atoms with Crippen LogP contribution in [0.15, 0.2) is 66.6 Å². The highest BCUT2D eigenvalue weighted by Gasteiger charge is 2.29. The van der Waals surface area contributed by atoms with Crippen LogP contribution in [-0.4, -0.2) is 228 Å². The number of nitrogens with one attached hydrogen (secondary N) is 3. The topological polar surface area (TPSA) is 468 Å². The summed E-state index contributed by atoms with van der Waals surface area (Å²) in [6, 6.07) is 13.2. The van der Waals surface area contributed by atoms with Gasteiger partial charge in [0.1, 0.15) is 0 Å². The Bertz CT molecular complexity index is 4570. The lowest BCUT2D eigenvalue weighted by atomic mass is 9.92. The van der Waals surface area contributed by atoms with E-state index in [-0.39, 0.29) is 73.8 Å². The number of pyridine rings is 4. The average molecular weight is 1740 g/mol. The van der Waals surface area contributed by atoms with Crippen molar-refractivity contribution >= 4 is 47.5 Å². The number of amides is 4. The third-order valence-corrected chi connectivity index (χ3v) is 22.6. The number of primary amides is 1. The molecule has 9 N–H and O–H groups in total. The lowest BCUT2D eigenvalue weighted by Crippen LogP contribution is -2.40. The molecule has 4 saturated heterocycles. The van der Waals surface area contributed by atoms with Crippen molar-refractivity contribution in [3.63, 3.8) is 0 Å². The molecule has 4 fully saturated rings. The summed E-state index contributed by atoms with van der Waals surface area (Å²) in [7, 11) is 0. The number of aromatic nitrogens is 12. The van der Waals surface area contributed by atoms with Crippen LogP contribution in [0.3, 0.4) is 0 Å². The number of nitrogens with two attached hydrogens (primary N) is 1. The van der Waals surface area contributed by atoms with Gasteiger partial charge in [0.05, 0.1) is 103 Å². The molecule has 36 heteroatoms. The number of hydrogen-bond donors (Lipinski definition) is 8. The van der Waals surface area contributed by atoms with Crippen LogP contribution in [0.1, 0.15) is 283 Å². The molecule has 4 amide bonds. The molecule has 0 saturated carbocycles. The number of aryl methyl sites for hydroxylation is 4. The molecule has 125 heavy (non-hydrogen) atoms. The highest BCUT2D eigenvalue weighted by Crippen LogP contribution is 2.32. The van der Waals surface area contributed by atoms with Gasteiger partial charge in [-0.15, -0.1) is 0 Å². The van der Waals surface area contributed by atoms with E-state index in [0.717, 1.165) is 161 Å². The van der Waals surface area contributed by atoms with Crippen LogP contribution in [0, 0.1) is 51.4 Å². The molecule has 4 aliphatic heterocycles. The summed E-state index contributed by atoms with van der Waals surface area (Å²) in [6.07, 6.45) is 16.5. The van der Waals surface area contributed by atoms with Gasteiger partial charge in [0.25, 0.3) is 41.5 Å². The molecule has 2 atom stereocenters. The van der Waals surface area contributed by atoms with E-state index in [0.29, 0.717) is 160 Å². The molecule has 0 spiro atoms. The van der Waals surface area contributed by atoms with Crippen molar-refractivity contribution in [3.8, 4) is 23.5 Å². The maximum Gasteiger partial charge on any atom is 0.324 e. The SMILES string of the molecule is Cc1nc(OCCCC2CCN(c3nc(C(C)C)no3)CC2)ccc1C(=O)NC[C@@H](C)O.Cc1nc(OCCCC2CCN(c3noc(C(C)C)n3)CC2)ccc1C(=O)NC(CO)CO.Cc1nc(OCCCC2CCN(c3noc(C(C)C)n3)CC2)ccc1C(=O)N[C@H](C)CO.Cc1nc(OCCCC2CCN(c3noc(C(C)C)n3)CC2)ccc1C(N)=O. The van der Waals surface area contributed by atoms with Gasteiger partial charge < -0.3 is 98.7 Å². The Hall–Kier alpha value is -10.7. The predicted molar refractivity (Wildman–Crippen MR) is 470 cm³/mol. The van der Waals surface area contributed by atoms with Crippen molar-refractivity contribution in [1.82, 2.24) is 76.4 Å². The number of aliphatic hydroxyl groups excluding tert-OH is 4. The number of ether oxygens (including phenoxy) is 4. The van der Waals surface area contributed by atoms with Gasteiger partial charge in [0.15, 0.2) is 5.82 Å². The normalized spacial score (nSPS) is 15.4. The predicted octanol–water partition coefficient (Wildman–Crippen LogP) is 11.3. The van der Waals surface area contributed by atoms with E-state index in [1.165, 1.54) is 0 Å². The molecule has 4 aliphatic rings. The van der Waals surface area contributed by atoms with Crippen LogP contribution in [0.4, 0.5) is 23.9 Å². The summed E-state index contributed by atoms with van der Waals surface area (Å²) in [5.41, 5.74) is 9.46. The molecule has 0 radical (unpaired) electrons. The highest BCUT2D eigenvalue weighted by molar-refractivity contribution is 5.96. The van der Waals surface area contributed by atoms with Gasteiger partial charge in [-0.05, 0) is 208 Å². The number of carbonyl (C=O) groups excluding carboxylic acids is 4. The first-order valence-electron chi connectivity index (χ1n) is 44.5. The van der Waals surface area contributed by atoms with Gasteiger partial charge in [-0.25, -0.2) is 19.9 Å². The van der Waals surface area contributed by atoms with Gasteiger partial charge in [0.2, 0.25) is 41.2 Å². The number of rotatable bonds is 39. The number of nitrogens with zero attached hydrogens (tertiary/aromatic N) is 16. The molecule has 12 heterocycles. The molecule has 8 aromatic rings. The Kier molecular flexibility index (Phi) is 39.1. The van der Waals surface area contributed by atoms with Crippen LogP contribution in [-0.2, 0) is 0 Å². The van der Waals surface area contributed by atoms with Gasteiger partial charge in [-0.1, -0.05) is 60.5 Å². The zero-order valence-electron chi connectivity index (χ0n) is 75.5. The summed E-state index contributed by atoms with van der Waals surface area (Å²) in [5.74, 6) is 9.36. The van der Waals surface area contributed by atoms with E-state index in [2.05, 4.69) is 124 Å². The Morgan fingerprint density at radius 2 is 0.728 bits per heavy atom. The average Bonchev–Trinajstić information content (AvgIpc) is 1.84. The number of hydrogen-bond acceptors (Lipinski definition) is 32. The largest absolute Gasteiger partial charge is 0.478 e. The molecular formula is C89H134N20O16. The molecule has 36 nitrogen and oxygen atoms in total. The van der Waals surface area contributed by atoms with Crippen molar-refractivity contribution in [3.05, 3.63) is 117 Å². The Balaban J connectivity index is 0.000000189. The van der Waals surface area contributed by atoms with Crippen molar-refractivity contribution in [2.75, 3.05) is 125 Å². The molecular weight excluding hydrogens is 1610 g/mol. The first-order chi connectivity index (χ1) is 60.0. The van der Waals surface area contributed by atoms with Crippen LogP contribution in [0.2, 0.25) is 0 Å². The second kappa shape index (κ2) is 49.8. The quantitative estimate of drug-likeness (QED) is 0.0166. The van der Waals surface area contributed by atoms with Crippen molar-refractivity contribution in [1.29, 1.82) is 0 Å². The first-order valence-corrected chi connectivity index (χ1v) is 44.5. The van der Waals surface area contributed by atoms with Gasteiger partial charge in [-0.3, -0.25) is 19.2 Å². The molecule has 12 rings (SSSR count).